The summed E-state index contributed by atoms with van der Waals surface area (Å²) >= 11 is 1.27. The van der Waals surface area contributed by atoms with Crippen LogP contribution in [0.4, 0.5) is 0 Å². The lowest BCUT2D eigenvalue weighted by Gasteiger charge is -2.30. The zero-order chi connectivity index (χ0) is 22.3. The molecule has 0 saturated carbocycles. The summed E-state index contributed by atoms with van der Waals surface area (Å²) in [5, 5.41) is 9.84. The number of amides is 1. The van der Waals surface area contributed by atoms with Gasteiger partial charge in [0.15, 0.2) is 5.16 Å². The minimum absolute atomic E-state index is 0.0825. The molecule has 1 heterocycles. The van der Waals surface area contributed by atoms with Crippen molar-refractivity contribution in [2.45, 2.75) is 57.9 Å². The summed E-state index contributed by atoms with van der Waals surface area (Å²) in [5.74, 6) is 0.0836. The molecule has 1 aromatic carbocycles. The van der Waals surface area contributed by atoms with Crippen molar-refractivity contribution < 1.29 is 4.79 Å². The summed E-state index contributed by atoms with van der Waals surface area (Å²) in [5.41, 5.74) is 0.553. The molecule has 0 radical (unpaired) electrons. The van der Waals surface area contributed by atoms with E-state index in [1.165, 1.54) is 11.8 Å². The Morgan fingerprint density at radius 2 is 1.87 bits per heavy atom. The molecule has 0 spiro atoms. The molecule has 0 unspecified atom stereocenters. The van der Waals surface area contributed by atoms with Gasteiger partial charge in [-0.25, -0.2) is 4.98 Å². The normalized spacial score (nSPS) is 11.4. The summed E-state index contributed by atoms with van der Waals surface area (Å²) in [4.78, 5) is 34.1. The number of carbonyl (C=O) groups excluding carboxylic acids is 1. The molecule has 0 aliphatic rings. The van der Waals surface area contributed by atoms with Crippen LogP contribution in [0, 0.1) is 11.3 Å². The third-order valence-corrected chi connectivity index (χ3v) is 6.01. The maximum atomic E-state index is 13.2. The molecule has 0 saturated heterocycles. The number of benzene rings is 1. The van der Waals surface area contributed by atoms with Crippen LogP contribution in [0.25, 0.3) is 10.9 Å². The number of aromatic nitrogens is 2. The summed E-state index contributed by atoms with van der Waals surface area (Å²) < 4.78 is 1.69. The van der Waals surface area contributed by atoms with E-state index in [9.17, 15) is 9.59 Å². The summed E-state index contributed by atoms with van der Waals surface area (Å²) in [7, 11) is 1.68. The molecule has 2 aromatic rings. The van der Waals surface area contributed by atoms with Crippen LogP contribution < -0.4 is 5.56 Å². The zero-order valence-corrected chi connectivity index (χ0v) is 19.3. The van der Waals surface area contributed by atoms with Crippen LogP contribution in [-0.2, 0) is 11.3 Å². The van der Waals surface area contributed by atoms with E-state index in [0.29, 0.717) is 47.7 Å². The van der Waals surface area contributed by atoms with Gasteiger partial charge in [-0.05, 0) is 39.8 Å². The Hall–Kier alpha value is -2.37. The first-order valence-electron chi connectivity index (χ1n) is 10.2. The molecule has 0 N–H and O–H groups in total. The van der Waals surface area contributed by atoms with Crippen LogP contribution >= 0.6 is 11.8 Å². The Labute approximate surface area is 182 Å². The Kier molecular flexibility index (Phi) is 8.88. The zero-order valence-electron chi connectivity index (χ0n) is 18.5. The second-order valence-corrected chi connectivity index (χ2v) is 8.75. The first-order valence-corrected chi connectivity index (χ1v) is 11.2. The molecule has 0 aliphatic heterocycles. The molecule has 0 fully saturated rings. The average Bonchev–Trinajstić information content (AvgIpc) is 2.71. The van der Waals surface area contributed by atoms with E-state index in [4.69, 9.17) is 5.26 Å². The number of para-hydroxylation sites is 1. The van der Waals surface area contributed by atoms with Crippen molar-refractivity contribution in [3.8, 4) is 6.07 Å². The monoisotopic (exact) mass is 429 g/mol. The molecular weight excluding hydrogens is 398 g/mol. The van der Waals surface area contributed by atoms with Crippen molar-refractivity contribution in [3.05, 3.63) is 34.6 Å². The van der Waals surface area contributed by atoms with Crippen molar-refractivity contribution >= 4 is 28.6 Å². The predicted octanol–water partition coefficient (Wildman–Crippen LogP) is 2.98. The number of nitriles is 1. The molecule has 0 aliphatic carbocycles. The van der Waals surface area contributed by atoms with E-state index >= 15 is 0 Å². The van der Waals surface area contributed by atoms with Gasteiger partial charge in [-0.2, -0.15) is 5.26 Å². The number of fused-ring (bicyclic) bond motifs is 1. The van der Waals surface area contributed by atoms with E-state index in [1.807, 2.05) is 24.3 Å². The lowest BCUT2D eigenvalue weighted by Crippen LogP contribution is -2.40. The second kappa shape index (κ2) is 11.1. The van der Waals surface area contributed by atoms with Gasteiger partial charge in [0.2, 0.25) is 5.91 Å². The number of nitrogens with zero attached hydrogens (tertiary/aromatic N) is 5. The third-order valence-electron chi connectivity index (χ3n) is 5.04. The molecule has 0 atom stereocenters. The van der Waals surface area contributed by atoms with Gasteiger partial charge in [0.05, 0.1) is 29.1 Å². The molecule has 30 heavy (non-hydrogen) atoms. The molecule has 0 bridgehead atoms. The van der Waals surface area contributed by atoms with E-state index < -0.39 is 0 Å². The fourth-order valence-electron chi connectivity index (χ4n) is 3.36. The highest BCUT2D eigenvalue weighted by Gasteiger charge is 2.18. The maximum Gasteiger partial charge on any atom is 0.262 e. The van der Waals surface area contributed by atoms with E-state index in [0.717, 1.165) is 6.54 Å². The van der Waals surface area contributed by atoms with Crippen molar-refractivity contribution in [1.82, 2.24) is 19.4 Å². The first kappa shape index (κ1) is 23.9. The minimum atomic E-state index is -0.0878. The highest BCUT2D eigenvalue weighted by molar-refractivity contribution is 7.99. The Balaban J connectivity index is 2.30. The van der Waals surface area contributed by atoms with E-state index in [2.05, 4.69) is 37.6 Å². The molecule has 162 valence electrons. The van der Waals surface area contributed by atoms with Crippen molar-refractivity contribution in [1.29, 1.82) is 5.26 Å². The van der Waals surface area contributed by atoms with Crippen molar-refractivity contribution in [2.75, 3.05) is 25.9 Å². The number of carbonyl (C=O) groups is 1. The number of hydrogen-bond donors (Lipinski definition) is 0. The van der Waals surface area contributed by atoms with Gasteiger partial charge in [0, 0.05) is 38.8 Å². The topological polar surface area (TPSA) is 82.2 Å². The summed E-state index contributed by atoms with van der Waals surface area (Å²) in [6, 6.07) is 10.1. The third kappa shape index (κ3) is 6.07. The molecule has 2 rings (SSSR count). The molecule has 1 aromatic heterocycles. The maximum absolute atomic E-state index is 13.2. The SMILES string of the molecule is CC(C)N(CCn1c(SCC(=O)N(C)CCC#N)nc2ccccc2c1=O)C(C)C. The Morgan fingerprint density at radius 1 is 1.20 bits per heavy atom. The molecule has 1 amide bonds. The highest BCUT2D eigenvalue weighted by atomic mass is 32.2. The van der Waals surface area contributed by atoms with E-state index in [-0.39, 0.29) is 17.2 Å². The Bertz CT molecular complexity index is 956. The molecular formula is C22H31N5O2S. The van der Waals surface area contributed by atoms with E-state index in [1.54, 1.807) is 22.6 Å². The van der Waals surface area contributed by atoms with Crippen LogP contribution in [0.2, 0.25) is 0 Å². The van der Waals surface area contributed by atoms with Gasteiger partial charge < -0.3 is 4.90 Å². The summed E-state index contributed by atoms with van der Waals surface area (Å²) in [6.45, 7) is 10.2. The smallest absolute Gasteiger partial charge is 0.262 e. The van der Waals surface area contributed by atoms with Gasteiger partial charge in [0.25, 0.3) is 5.56 Å². The quantitative estimate of drug-likeness (QED) is 0.427. The van der Waals surface area contributed by atoms with Gasteiger partial charge in [0.1, 0.15) is 0 Å². The van der Waals surface area contributed by atoms with Crippen LogP contribution in [0.1, 0.15) is 34.1 Å². The number of thioether (sulfide) groups is 1. The number of hydrogen-bond acceptors (Lipinski definition) is 6. The fourth-order valence-corrected chi connectivity index (χ4v) is 4.33. The van der Waals surface area contributed by atoms with Crippen LogP contribution in [0.15, 0.2) is 34.2 Å². The average molecular weight is 430 g/mol. The lowest BCUT2D eigenvalue weighted by molar-refractivity contribution is -0.127. The van der Waals surface area contributed by atoms with Gasteiger partial charge in [-0.3, -0.25) is 19.1 Å². The van der Waals surface area contributed by atoms with Gasteiger partial charge in [-0.1, -0.05) is 23.9 Å². The van der Waals surface area contributed by atoms with Crippen LogP contribution in [0.5, 0.6) is 0 Å². The Morgan fingerprint density at radius 3 is 2.50 bits per heavy atom. The lowest BCUT2D eigenvalue weighted by atomic mass is 10.2. The van der Waals surface area contributed by atoms with Crippen LogP contribution in [-0.4, -0.2) is 63.2 Å². The molecule has 8 heteroatoms. The number of rotatable bonds is 10. The van der Waals surface area contributed by atoms with Crippen LogP contribution in [0.3, 0.4) is 0 Å². The minimum Gasteiger partial charge on any atom is -0.344 e. The second-order valence-electron chi connectivity index (χ2n) is 7.81. The fraction of sp³-hybridized carbons (Fsp3) is 0.545. The van der Waals surface area contributed by atoms with Crippen molar-refractivity contribution in [3.63, 3.8) is 0 Å². The van der Waals surface area contributed by atoms with Crippen molar-refractivity contribution in [2.24, 2.45) is 0 Å². The standard InChI is InChI=1S/C22H31N5O2S/c1-16(2)26(17(3)4)13-14-27-21(29)18-9-6-7-10-19(18)24-22(27)30-15-20(28)25(5)12-8-11-23/h6-7,9-10,16-17H,8,12-15H2,1-5H3. The predicted molar refractivity (Wildman–Crippen MR) is 122 cm³/mol. The first-order chi connectivity index (χ1) is 14.3. The van der Waals surface area contributed by atoms with Gasteiger partial charge >= 0.3 is 0 Å². The summed E-state index contributed by atoms with van der Waals surface area (Å²) in [6.07, 6.45) is 0.298. The van der Waals surface area contributed by atoms with Gasteiger partial charge in [-0.15, -0.1) is 0 Å². The molecule has 7 nitrogen and oxygen atoms in total. The highest BCUT2D eigenvalue weighted by Crippen LogP contribution is 2.19. The largest absolute Gasteiger partial charge is 0.344 e.